The fraction of sp³-hybridized carbons (Fsp3) is 0.269. The van der Waals surface area contributed by atoms with Crippen molar-refractivity contribution in [2.24, 2.45) is 5.92 Å². The first-order valence-electron chi connectivity index (χ1n) is 10.7. The van der Waals surface area contributed by atoms with Gasteiger partial charge in [-0.25, -0.2) is 0 Å². The van der Waals surface area contributed by atoms with Crippen LogP contribution < -0.4 is 20.3 Å². The number of hydrogen-bond acceptors (Lipinski definition) is 4. The molecule has 31 heavy (non-hydrogen) atoms. The summed E-state index contributed by atoms with van der Waals surface area (Å²) in [5.41, 5.74) is 3.36. The predicted octanol–water partition coefficient (Wildman–Crippen LogP) is 4.16. The summed E-state index contributed by atoms with van der Waals surface area (Å²) in [5, 5.41) is 6.50. The highest BCUT2D eigenvalue weighted by atomic mass is 16.5. The van der Waals surface area contributed by atoms with E-state index in [0.29, 0.717) is 13.1 Å². The number of para-hydroxylation sites is 1. The van der Waals surface area contributed by atoms with Crippen LogP contribution in [0.5, 0.6) is 11.5 Å². The number of nitrogens with zero attached hydrogens (tertiary/aromatic N) is 1. The van der Waals surface area contributed by atoms with Crippen LogP contribution >= 0.6 is 0 Å². The van der Waals surface area contributed by atoms with E-state index < -0.39 is 0 Å². The second kappa shape index (κ2) is 9.67. The maximum atomic E-state index is 13.0. The Bertz CT molecular complexity index is 1000. The number of anilines is 1. The summed E-state index contributed by atoms with van der Waals surface area (Å²) in [6.45, 7) is 2.00. The average molecular weight is 416 g/mol. The second-order valence-electron chi connectivity index (χ2n) is 8.14. The number of benzene rings is 3. The second-order valence-corrected chi connectivity index (χ2v) is 8.14. The Morgan fingerprint density at radius 1 is 0.968 bits per heavy atom. The third kappa shape index (κ3) is 5.25. The minimum atomic E-state index is -0.104. The van der Waals surface area contributed by atoms with Crippen LogP contribution in [0.25, 0.3) is 0 Å². The van der Waals surface area contributed by atoms with E-state index >= 15 is 0 Å². The topological polar surface area (TPSA) is 53.6 Å². The Kier molecular flexibility index (Phi) is 6.53. The Morgan fingerprint density at radius 3 is 2.45 bits per heavy atom. The molecule has 5 heteroatoms. The molecule has 0 spiro atoms. The first-order chi connectivity index (χ1) is 15.1. The molecule has 1 aliphatic heterocycles. The van der Waals surface area contributed by atoms with Gasteiger partial charge < -0.3 is 20.3 Å². The van der Waals surface area contributed by atoms with E-state index in [-0.39, 0.29) is 17.7 Å². The summed E-state index contributed by atoms with van der Waals surface area (Å²) in [5.74, 6) is 1.69. The van der Waals surface area contributed by atoms with Crippen molar-refractivity contribution < 1.29 is 9.53 Å². The van der Waals surface area contributed by atoms with Crippen LogP contribution in [-0.2, 0) is 11.3 Å². The predicted molar refractivity (Wildman–Crippen MR) is 125 cm³/mol. The monoisotopic (exact) mass is 415 g/mol. The van der Waals surface area contributed by atoms with Gasteiger partial charge in [-0.2, -0.15) is 0 Å². The molecule has 4 rings (SSSR count). The third-order valence-corrected chi connectivity index (χ3v) is 5.74. The molecule has 0 radical (unpaired) electrons. The van der Waals surface area contributed by atoms with Crippen LogP contribution in [0.3, 0.4) is 0 Å². The Balaban J connectivity index is 1.40. The molecule has 0 aromatic heterocycles. The lowest BCUT2D eigenvalue weighted by Crippen LogP contribution is -2.34. The fourth-order valence-corrected chi connectivity index (χ4v) is 3.97. The number of carbonyl (C=O) groups is 1. The molecular formula is C26H29N3O2. The molecule has 0 unspecified atom stereocenters. The molecule has 1 saturated heterocycles. The molecule has 0 aliphatic carbocycles. The van der Waals surface area contributed by atoms with Gasteiger partial charge in [-0.05, 0) is 47.5 Å². The summed E-state index contributed by atoms with van der Waals surface area (Å²) in [7, 11) is 4.04. The number of nitrogens with one attached hydrogen (secondary N) is 2. The molecule has 1 heterocycles. The van der Waals surface area contributed by atoms with Crippen LogP contribution in [0.15, 0.2) is 78.9 Å². The van der Waals surface area contributed by atoms with Crippen molar-refractivity contribution in [3.05, 3.63) is 90.0 Å². The van der Waals surface area contributed by atoms with Crippen molar-refractivity contribution >= 4 is 11.6 Å². The number of rotatable bonds is 7. The van der Waals surface area contributed by atoms with Crippen LogP contribution in [0.1, 0.15) is 17.0 Å². The molecule has 2 atom stereocenters. The number of carbonyl (C=O) groups excluding carboxylic acids is 1. The zero-order chi connectivity index (χ0) is 21.6. The summed E-state index contributed by atoms with van der Waals surface area (Å²) in [6, 6.07) is 26.1. The van der Waals surface area contributed by atoms with Crippen LogP contribution in [0, 0.1) is 5.92 Å². The quantitative estimate of drug-likeness (QED) is 0.608. The molecule has 1 amide bonds. The first-order valence-corrected chi connectivity index (χ1v) is 10.7. The summed E-state index contributed by atoms with van der Waals surface area (Å²) < 4.78 is 5.98. The number of amides is 1. The maximum Gasteiger partial charge on any atom is 0.225 e. The minimum Gasteiger partial charge on any atom is -0.457 e. The molecule has 5 nitrogen and oxygen atoms in total. The van der Waals surface area contributed by atoms with E-state index in [1.165, 1.54) is 0 Å². The average Bonchev–Trinajstić information content (AvgIpc) is 3.29. The molecule has 1 fully saturated rings. The first kappa shape index (κ1) is 20.9. The summed E-state index contributed by atoms with van der Waals surface area (Å²) in [6.07, 6.45) is 0. The molecule has 3 aromatic carbocycles. The van der Waals surface area contributed by atoms with Gasteiger partial charge in [0.25, 0.3) is 0 Å². The number of hydrogen-bond donors (Lipinski definition) is 2. The third-order valence-electron chi connectivity index (χ3n) is 5.74. The Labute approximate surface area is 184 Å². The normalized spacial score (nSPS) is 17.9. The van der Waals surface area contributed by atoms with Crippen molar-refractivity contribution in [1.82, 2.24) is 10.6 Å². The van der Waals surface area contributed by atoms with E-state index in [1.807, 2.05) is 62.6 Å². The van der Waals surface area contributed by atoms with Crippen molar-refractivity contribution in [2.45, 2.75) is 12.5 Å². The van der Waals surface area contributed by atoms with Crippen molar-refractivity contribution in [3.8, 4) is 11.5 Å². The lowest BCUT2D eigenvalue weighted by molar-refractivity contribution is -0.125. The zero-order valence-corrected chi connectivity index (χ0v) is 18.0. The summed E-state index contributed by atoms with van der Waals surface area (Å²) in [4.78, 5) is 15.0. The maximum absolute atomic E-state index is 13.0. The molecule has 1 aliphatic rings. The lowest BCUT2D eigenvalue weighted by Gasteiger charge is -2.19. The van der Waals surface area contributed by atoms with E-state index in [2.05, 4.69) is 45.9 Å². The summed E-state index contributed by atoms with van der Waals surface area (Å²) >= 11 is 0. The molecule has 3 aromatic rings. The van der Waals surface area contributed by atoms with Crippen LogP contribution in [0.2, 0.25) is 0 Å². The zero-order valence-electron chi connectivity index (χ0n) is 18.0. The highest BCUT2D eigenvalue weighted by Crippen LogP contribution is 2.32. The van der Waals surface area contributed by atoms with Gasteiger partial charge in [0.1, 0.15) is 11.5 Å². The molecule has 2 N–H and O–H groups in total. The van der Waals surface area contributed by atoms with Gasteiger partial charge in [-0.3, -0.25) is 4.79 Å². The van der Waals surface area contributed by atoms with Gasteiger partial charge in [0.15, 0.2) is 0 Å². The van der Waals surface area contributed by atoms with Gasteiger partial charge in [-0.15, -0.1) is 0 Å². The molecule has 160 valence electrons. The van der Waals surface area contributed by atoms with E-state index in [9.17, 15) is 4.79 Å². The minimum absolute atomic E-state index is 0.0843. The van der Waals surface area contributed by atoms with E-state index in [1.54, 1.807) is 0 Å². The largest absolute Gasteiger partial charge is 0.457 e. The van der Waals surface area contributed by atoms with E-state index in [0.717, 1.165) is 34.9 Å². The van der Waals surface area contributed by atoms with Crippen molar-refractivity contribution in [1.29, 1.82) is 0 Å². The highest BCUT2D eigenvalue weighted by Gasteiger charge is 2.34. The smallest absolute Gasteiger partial charge is 0.225 e. The molecular weight excluding hydrogens is 386 g/mol. The van der Waals surface area contributed by atoms with Gasteiger partial charge >= 0.3 is 0 Å². The van der Waals surface area contributed by atoms with Gasteiger partial charge in [0.05, 0.1) is 5.92 Å². The lowest BCUT2D eigenvalue weighted by atomic mass is 9.88. The van der Waals surface area contributed by atoms with Crippen molar-refractivity contribution in [3.63, 3.8) is 0 Å². The van der Waals surface area contributed by atoms with Gasteiger partial charge in [-0.1, -0.05) is 42.5 Å². The Hall–Kier alpha value is -3.31. The van der Waals surface area contributed by atoms with Crippen molar-refractivity contribution in [2.75, 3.05) is 32.1 Å². The number of ether oxygens (including phenoxy) is 1. The van der Waals surface area contributed by atoms with Gasteiger partial charge in [0.2, 0.25) is 5.91 Å². The molecule has 0 bridgehead atoms. The fourth-order valence-electron chi connectivity index (χ4n) is 3.97. The van der Waals surface area contributed by atoms with Crippen LogP contribution in [-0.4, -0.2) is 33.1 Å². The highest BCUT2D eigenvalue weighted by molar-refractivity contribution is 5.80. The van der Waals surface area contributed by atoms with Gasteiger partial charge in [0, 0.05) is 45.3 Å². The molecule has 0 saturated carbocycles. The van der Waals surface area contributed by atoms with E-state index in [4.69, 9.17) is 4.74 Å². The SMILES string of the molecule is CN(C)c1ccc(CNC(=O)[C@@H]2CNC[C@H]2c2cccc(Oc3ccccc3)c2)cc1. The Morgan fingerprint density at radius 2 is 1.71 bits per heavy atom. The van der Waals surface area contributed by atoms with Crippen LogP contribution in [0.4, 0.5) is 5.69 Å². The standard InChI is InChI=1S/C26H29N3O2/c1-29(2)21-13-11-19(12-14-21)16-28-26(30)25-18-27-17-24(25)20-7-6-10-23(15-20)31-22-8-4-3-5-9-22/h3-15,24-25,27H,16-18H2,1-2H3,(H,28,30)/t24-,25+/m0/s1.